The van der Waals surface area contributed by atoms with Crippen molar-refractivity contribution in [3.8, 4) is 0 Å². The molecule has 3 rings (SSSR count). The zero-order chi connectivity index (χ0) is 13.1. The summed E-state index contributed by atoms with van der Waals surface area (Å²) >= 11 is 0. The molecule has 0 atom stereocenters. The molecule has 0 saturated carbocycles. The van der Waals surface area contributed by atoms with Crippen molar-refractivity contribution in [1.29, 1.82) is 0 Å². The van der Waals surface area contributed by atoms with Crippen molar-refractivity contribution in [1.82, 2.24) is 15.2 Å². The first-order valence-electron chi connectivity index (χ1n) is 7.08. The molecule has 0 radical (unpaired) electrons. The number of piperidine rings is 1. The quantitative estimate of drug-likeness (QED) is 0.913. The Morgan fingerprint density at radius 3 is 2.89 bits per heavy atom. The zero-order valence-electron chi connectivity index (χ0n) is 11.5. The van der Waals surface area contributed by atoms with Gasteiger partial charge in [0.1, 0.15) is 0 Å². The van der Waals surface area contributed by atoms with E-state index in [2.05, 4.69) is 46.5 Å². The fourth-order valence-corrected chi connectivity index (χ4v) is 2.86. The molecule has 1 fully saturated rings. The molecule has 0 unspecified atom stereocenters. The minimum absolute atomic E-state index is 0.706. The summed E-state index contributed by atoms with van der Waals surface area (Å²) in [6.07, 6.45) is 4.36. The number of likely N-dealkylation sites (tertiary alicyclic amines) is 1. The summed E-state index contributed by atoms with van der Waals surface area (Å²) in [7, 11) is 2.07. The van der Waals surface area contributed by atoms with Crippen LogP contribution in [0.5, 0.6) is 0 Å². The van der Waals surface area contributed by atoms with Crippen LogP contribution in [0.3, 0.4) is 0 Å². The Morgan fingerprint density at radius 1 is 1.26 bits per heavy atom. The standard InChI is InChI=1S/C16H21N3/c1-17-15-6-9-19(10-7-15)12-13-4-5-16-14(11-13)3-2-8-18-16/h2-5,8,11,15,17H,6-7,9-10,12H2,1H3. The van der Waals surface area contributed by atoms with Gasteiger partial charge >= 0.3 is 0 Å². The van der Waals surface area contributed by atoms with Gasteiger partial charge in [-0.25, -0.2) is 0 Å². The Kier molecular flexibility index (Phi) is 3.76. The van der Waals surface area contributed by atoms with E-state index in [1.165, 1.54) is 36.9 Å². The maximum atomic E-state index is 4.37. The Bertz CT molecular complexity index is 544. The second kappa shape index (κ2) is 5.68. The molecule has 1 N–H and O–H groups in total. The molecule has 1 aromatic carbocycles. The van der Waals surface area contributed by atoms with Crippen LogP contribution in [0.25, 0.3) is 10.9 Å². The van der Waals surface area contributed by atoms with Gasteiger partial charge in [-0.15, -0.1) is 0 Å². The van der Waals surface area contributed by atoms with Gasteiger partial charge in [0.2, 0.25) is 0 Å². The van der Waals surface area contributed by atoms with Gasteiger partial charge in [-0.2, -0.15) is 0 Å². The van der Waals surface area contributed by atoms with Gasteiger partial charge in [0.05, 0.1) is 5.52 Å². The first-order valence-corrected chi connectivity index (χ1v) is 7.08. The third-order valence-electron chi connectivity index (χ3n) is 4.07. The first kappa shape index (κ1) is 12.6. The van der Waals surface area contributed by atoms with Gasteiger partial charge in [-0.05, 0) is 56.7 Å². The Balaban J connectivity index is 1.68. The van der Waals surface area contributed by atoms with Crippen LogP contribution in [0.4, 0.5) is 0 Å². The number of aromatic nitrogens is 1. The SMILES string of the molecule is CNC1CCN(Cc2ccc3ncccc3c2)CC1. The smallest absolute Gasteiger partial charge is 0.0702 e. The van der Waals surface area contributed by atoms with E-state index < -0.39 is 0 Å². The molecule has 19 heavy (non-hydrogen) atoms. The largest absolute Gasteiger partial charge is 0.317 e. The molecule has 1 aromatic heterocycles. The second-order valence-corrected chi connectivity index (χ2v) is 5.37. The highest BCUT2D eigenvalue weighted by Gasteiger charge is 2.17. The van der Waals surface area contributed by atoms with E-state index in [1.807, 2.05) is 12.3 Å². The van der Waals surface area contributed by atoms with Crippen molar-refractivity contribution in [3.05, 3.63) is 42.1 Å². The van der Waals surface area contributed by atoms with Crippen LogP contribution in [0, 0.1) is 0 Å². The third kappa shape index (κ3) is 2.94. The van der Waals surface area contributed by atoms with Crippen LogP contribution in [-0.4, -0.2) is 36.1 Å². The van der Waals surface area contributed by atoms with Crippen LogP contribution in [0.15, 0.2) is 36.5 Å². The summed E-state index contributed by atoms with van der Waals surface area (Å²) in [5.41, 5.74) is 2.48. The normalized spacial score (nSPS) is 17.9. The zero-order valence-corrected chi connectivity index (χ0v) is 11.5. The van der Waals surface area contributed by atoms with Crippen molar-refractivity contribution in [2.24, 2.45) is 0 Å². The van der Waals surface area contributed by atoms with Crippen molar-refractivity contribution in [2.75, 3.05) is 20.1 Å². The minimum Gasteiger partial charge on any atom is -0.317 e. The lowest BCUT2D eigenvalue weighted by Crippen LogP contribution is -2.40. The monoisotopic (exact) mass is 255 g/mol. The predicted octanol–water partition coefficient (Wildman–Crippen LogP) is 2.42. The number of nitrogens with zero attached hydrogens (tertiary/aromatic N) is 2. The molecule has 0 aliphatic carbocycles. The molecule has 100 valence electrons. The average molecular weight is 255 g/mol. The summed E-state index contributed by atoms with van der Waals surface area (Å²) in [6, 6.07) is 11.5. The first-order chi connectivity index (χ1) is 9.35. The number of hydrogen-bond acceptors (Lipinski definition) is 3. The van der Waals surface area contributed by atoms with E-state index in [-0.39, 0.29) is 0 Å². The Morgan fingerprint density at radius 2 is 2.11 bits per heavy atom. The summed E-state index contributed by atoms with van der Waals surface area (Å²) in [4.78, 5) is 6.92. The number of benzene rings is 1. The van der Waals surface area contributed by atoms with Gasteiger partial charge in [-0.3, -0.25) is 9.88 Å². The maximum Gasteiger partial charge on any atom is 0.0702 e. The lowest BCUT2D eigenvalue weighted by atomic mass is 10.0. The Hall–Kier alpha value is -1.45. The van der Waals surface area contributed by atoms with Crippen molar-refractivity contribution in [3.63, 3.8) is 0 Å². The summed E-state index contributed by atoms with van der Waals surface area (Å²) in [5.74, 6) is 0. The van der Waals surface area contributed by atoms with Gasteiger partial charge < -0.3 is 5.32 Å². The molecular formula is C16H21N3. The highest BCUT2D eigenvalue weighted by Crippen LogP contribution is 2.17. The molecule has 0 spiro atoms. The van der Waals surface area contributed by atoms with Gasteiger partial charge in [0.25, 0.3) is 0 Å². The van der Waals surface area contributed by atoms with E-state index in [0.29, 0.717) is 6.04 Å². The van der Waals surface area contributed by atoms with Crippen LogP contribution < -0.4 is 5.32 Å². The molecule has 0 bridgehead atoms. The van der Waals surface area contributed by atoms with E-state index in [9.17, 15) is 0 Å². The summed E-state index contributed by atoms with van der Waals surface area (Å²) < 4.78 is 0. The lowest BCUT2D eigenvalue weighted by molar-refractivity contribution is 0.194. The van der Waals surface area contributed by atoms with Gasteiger partial charge in [-0.1, -0.05) is 12.1 Å². The van der Waals surface area contributed by atoms with E-state index in [4.69, 9.17) is 0 Å². The number of rotatable bonds is 3. The fraction of sp³-hybridized carbons (Fsp3) is 0.438. The van der Waals surface area contributed by atoms with E-state index in [0.717, 1.165) is 12.1 Å². The molecule has 2 aromatic rings. The van der Waals surface area contributed by atoms with Gasteiger partial charge in [0, 0.05) is 24.2 Å². The van der Waals surface area contributed by atoms with Crippen molar-refractivity contribution < 1.29 is 0 Å². The molecule has 1 aliphatic heterocycles. The molecule has 1 aliphatic rings. The molecule has 0 amide bonds. The van der Waals surface area contributed by atoms with Crippen LogP contribution in [0.1, 0.15) is 18.4 Å². The number of pyridine rings is 1. The molecule has 2 heterocycles. The van der Waals surface area contributed by atoms with Crippen molar-refractivity contribution in [2.45, 2.75) is 25.4 Å². The Labute approximate surface area is 114 Å². The lowest BCUT2D eigenvalue weighted by Gasteiger charge is -2.31. The predicted molar refractivity (Wildman–Crippen MR) is 79.1 cm³/mol. The topological polar surface area (TPSA) is 28.2 Å². The summed E-state index contributed by atoms with van der Waals surface area (Å²) in [5, 5.41) is 4.62. The number of hydrogen-bond donors (Lipinski definition) is 1. The van der Waals surface area contributed by atoms with E-state index in [1.54, 1.807) is 0 Å². The molecule has 3 heteroatoms. The second-order valence-electron chi connectivity index (χ2n) is 5.37. The maximum absolute atomic E-state index is 4.37. The molecular weight excluding hydrogens is 234 g/mol. The number of nitrogens with one attached hydrogen (secondary N) is 1. The third-order valence-corrected chi connectivity index (χ3v) is 4.07. The highest BCUT2D eigenvalue weighted by atomic mass is 15.1. The summed E-state index contributed by atoms with van der Waals surface area (Å²) in [6.45, 7) is 3.44. The average Bonchev–Trinajstić information content (AvgIpc) is 2.48. The molecule has 1 saturated heterocycles. The van der Waals surface area contributed by atoms with Gasteiger partial charge in [0.15, 0.2) is 0 Å². The van der Waals surface area contributed by atoms with Crippen LogP contribution in [-0.2, 0) is 6.54 Å². The highest BCUT2D eigenvalue weighted by molar-refractivity contribution is 5.78. The van der Waals surface area contributed by atoms with Crippen LogP contribution >= 0.6 is 0 Å². The number of fused-ring (bicyclic) bond motifs is 1. The van der Waals surface area contributed by atoms with Crippen molar-refractivity contribution >= 4 is 10.9 Å². The minimum atomic E-state index is 0.706. The van der Waals surface area contributed by atoms with E-state index >= 15 is 0 Å². The fourth-order valence-electron chi connectivity index (χ4n) is 2.86. The molecule has 3 nitrogen and oxygen atoms in total. The van der Waals surface area contributed by atoms with Crippen LogP contribution in [0.2, 0.25) is 0 Å².